The molecule has 118 valence electrons. The zero-order valence-corrected chi connectivity index (χ0v) is 12.1. The first kappa shape index (κ1) is 17.8. The molecule has 1 rings (SSSR count). The average Bonchev–Trinajstić information content (AvgIpc) is 2.43. The van der Waals surface area contributed by atoms with Gasteiger partial charge in [-0.25, -0.2) is 5.43 Å². The van der Waals surface area contributed by atoms with Gasteiger partial charge < -0.3 is 9.58 Å². The van der Waals surface area contributed by atoms with Crippen molar-refractivity contribution in [2.45, 2.75) is 19.5 Å². The molecule has 1 aromatic carbocycles. The molecule has 0 fully saturated rings. The third kappa shape index (κ3) is 5.26. The molecule has 22 heavy (non-hydrogen) atoms. The van der Waals surface area contributed by atoms with Crippen LogP contribution in [0.15, 0.2) is 23.3 Å². The minimum Gasteiger partial charge on any atom is -0.467 e. The third-order valence-corrected chi connectivity index (χ3v) is 2.65. The van der Waals surface area contributed by atoms with Crippen molar-refractivity contribution in [3.05, 3.63) is 40.2 Å². The fraction of sp³-hybridized carbons (Fsp3) is 0.308. The van der Waals surface area contributed by atoms with Gasteiger partial charge in [0.05, 0.1) is 29.3 Å². The number of halogens is 4. The summed E-state index contributed by atoms with van der Waals surface area (Å²) in [6, 6.07) is 2.65. The normalized spacial score (nSPS) is 11.7. The van der Waals surface area contributed by atoms with E-state index in [-0.39, 0.29) is 29.6 Å². The highest BCUT2D eigenvalue weighted by molar-refractivity contribution is 6.33. The lowest BCUT2D eigenvalue weighted by Gasteiger charge is -2.08. The molecule has 0 aliphatic heterocycles. The molecule has 0 amide bonds. The van der Waals surface area contributed by atoms with Crippen LogP contribution in [-0.2, 0) is 15.7 Å². The van der Waals surface area contributed by atoms with Crippen LogP contribution in [0.4, 0.5) is 18.9 Å². The number of hydrogen-bond donors (Lipinski definition) is 1. The Labute approximate surface area is 129 Å². The first-order valence-electron chi connectivity index (χ1n) is 6.00. The molecule has 5 nitrogen and oxygen atoms in total. The van der Waals surface area contributed by atoms with Crippen molar-refractivity contribution in [1.29, 1.82) is 0 Å². The number of benzene rings is 1. The summed E-state index contributed by atoms with van der Waals surface area (Å²) >= 11 is 5.72. The Morgan fingerprint density at radius 3 is 2.68 bits per heavy atom. The van der Waals surface area contributed by atoms with Crippen LogP contribution in [0, 0.1) is 6.57 Å². The lowest BCUT2D eigenvalue weighted by Crippen LogP contribution is -2.10. The van der Waals surface area contributed by atoms with E-state index < -0.39 is 17.7 Å². The van der Waals surface area contributed by atoms with E-state index in [1.54, 1.807) is 6.92 Å². The number of ether oxygens (including phenoxy) is 1. The second kappa shape index (κ2) is 7.66. The van der Waals surface area contributed by atoms with Crippen LogP contribution in [0.5, 0.6) is 0 Å². The van der Waals surface area contributed by atoms with Crippen LogP contribution < -0.4 is 5.43 Å². The van der Waals surface area contributed by atoms with Gasteiger partial charge in [0.2, 0.25) is 0 Å². The summed E-state index contributed by atoms with van der Waals surface area (Å²) in [6.45, 7) is 8.67. The number of carbonyl (C=O) groups is 1. The Hall–Kier alpha value is -2.27. The van der Waals surface area contributed by atoms with Crippen molar-refractivity contribution < 1.29 is 22.7 Å². The molecule has 1 N–H and O–H groups in total. The van der Waals surface area contributed by atoms with Crippen molar-refractivity contribution in [2.24, 2.45) is 5.10 Å². The van der Waals surface area contributed by atoms with E-state index >= 15 is 0 Å². The van der Waals surface area contributed by atoms with Crippen LogP contribution in [0.3, 0.4) is 0 Å². The molecule has 0 radical (unpaired) electrons. The van der Waals surface area contributed by atoms with Gasteiger partial charge in [0.25, 0.3) is 5.84 Å². The highest BCUT2D eigenvalue weighted by atomic mass is 35.5. The second-order valence-electron chi connectivity index (χ2n) is 3.93. The minimum atomic E-state index is -4.50. The van der Waals surface area contributed by atoms with Crippen LogP contribution in [0.2, 0.25) is 5.02 Å². The van der Waals surface area contributed by atoms with Gasteiger partial charge in [-0.2, -0.15) is 13.2 Å². The number of carbonyl (C=O) groups excluding carboxylic acids is 1. The van der Waals surface area contributed by atoms with Gasteiger partial charge in [-0.05, 0) is 30.2 Å². The molecule has 0 heterocycles. The van der Waals surface area contributed by atoms with E-state index in [0.717, 1.165) is 18.2 Å². The SMILES string of the molecule is [C-]#[N+]/C(CC(=O)OCC)=N/Nc1ccc(C(F)(F)F)cc1Cl. The van der Waals surface area contributed by atoms with Crippen LogP contribution >= 0.6 is 11.6 Å². The summed E-state index contributed by atoms with van der Waals surface area (Å²) in [4.78, 5) is 14.2. The van der Waals surface area contributed by atoms with Crippen molar-refractivity contribution in [2.75, 3.05) is 12.0 Å². The molecule has 0 spiro atoms. The molecule has 0 aliphatic carbocycles. The maximum Gasteiger partial charge on any atom is 0.416 e. The quantitative estimate of drug-likeness (QED) is 0.292. The molecule has 0 bridgehead atoms. The number of nitrogens with zero attached hydrogens (tertiary/aromatic N) is 2. The van der Waals surface area contributed by atoms with Crippen molar-refractivity contribution in [1.82, 2.24) is 0 Å². The predicted molar refractivity (Wildman–Crippen MR) is 75.4 cm³/mol. The van der Waals surface area contributed by atoms with Crippen LogP contribution in [-0.4, -0.2) is 18.4 Å². The average molecular weight is 334 g/mol. The molecule has 9 heteroatoms. The number of anilines is 1. The van der Waals surface area contributed by atoms with Gasteiger partial charge >= 0.3 is 12.1 Å². The van der Waals surface area contributed by atoms with Crippen molar-refractivity contribution in [3.8, 4) is 0 Å². The van der Waals surface area contributed by atoms with Crippen LogP contribution in [0.25, 0.3) is 4.85 Å². The molecule has 0 saturated heterocycles. The molecule has 0 aromatic heterocycles. The standard InChI is InChI=1S/C13H11ClF3N3O2/c1-3-22-12(21)7-11(18-2)20-19-10-5-4-8(6-9(10)14)13(15,16)17/h4-6,19H,3,7H2,1H3/b20-11+. The molecule has 0 saturated carbocycles. The Morgan fingerprint density at radius 1 is 1.50 bits per heavy atom. The molecule has 1 aromatic rings. The van der Waals surface area contributed by atoms with Gasteiger partial charge in [0.1, 0.15) is 0 Å². The number of hydrogen-bond acceptors (Lipinski definition) is 4. The highest BCUT2D eigenvalue weighted by Crippen LogP contribution is 2.33. The fourth-order valence-corrected chi connectivity index (χ4v) is 1.57. The summed E-state index contributed by atoms with van der Waals surface area (Å²) in [5.41, 5.74) is 1.54. The fourth-order valence-electron chi connectivity index (χ4n) is 1.35. The zero-order chi connectivity index (χ0) is 16.8. The summed E-state index contributed by atoms with van der Waals surface area (Å²) < 4.78 is 42.1. The summed E-state index contributed by atoms with van der Waals surface area (Å²) in [7, 11) is 0. The van der Waals surface area contributed by atoms with Gasteiger partial charge in [0, 0.05) is 0 Å². The van der Waals surface area contributed by atoms with E-state index in [0.29, 0.717) is 0 Å². The monoisotopic (exact) mass is 333 g/mol. The Bertz CT molecular complexity index is 624. The van der Waals surface area contributed by atoms with Gasteiger partial charge in [-0.3, -0.25) is 4.79 Å². The first-order chi connectivity index (χ1) is 10.3. The minimum absolute atomic E-state index is 0.0830. The first-order valence-corrected chi connectivity index (χ1v) is 6.38. The Morgan fingerprint density at radius 2 is 2.18 bits per heavy atom. The largest absolute Gasteiger partial charge is 0.467 e. The second-order valence-corrected chi connectivity index (χ2v) is 4.33. The number of hydrazone groups is 1. The smallest absolute Gasteiger partial charge is 0.416 e. The van der Waals surface area contributed by atoms with Crippen molar-refractivity contribution in [3.63, 3.8) is 0 Å². The molecular weight excluding hydrogens is 323 g/mol. The van der Waals surface area contributed by atoms with E-state index in [1.165, 1.54) is 0 Å². The Kier molecular flexibility index (Phi) is 6.19. The number of esters is 1. The molecule has 0 aliphatic rings. The number of amidine groups is 1. The molecular formula is C13H11ClF3N3O2. The van der Waals surface area contributed by atoms with Gasteiger partial charge in [0.15, 0.2) is 0 Å². The number of alkyl halides is 3. The maximum absolute atomic E-state index is 12.5. The zero-order valence-electron chi connectivity index (χ0n) is 11.4. The van der Waals surface area contributed by atoms with Gasteiger partial charge in [-0.15, -0.1) is 0 Å². The summed E-state index contributed by atoms with van der Waals surface area (Å²) in [6.07, 6.45) is -4.85. The van der Waals surface area contributed by atoms with E-state index in [9.17, 15) is 18.0 Å². The molecule has 0 unspecified atom stereocenters. The number of rotatable bonds is 5. The van der Waals surface area contributed by atoms with Gasteiger partial charge in [-0.1, -0.05) is 18.2 Å². The lowest BCUT2D eigenvalue weighted by molar-refractivity contribution is -0.141. The lowest BCUT2D eigenvalue weighted by atomic mass is 10.2. The predicted octanol–water partition coefficient (Wildman–Crippen LogP) is 3.96. The molecule has 0 atom stereocenters. The summed E-state index contributed by atoms with van der Waals surface area (Å²) in [5.74, 6) is -0.827. The van der Waals surface area contributed by atoms with E-state index in [4.69, 9.17) is 18.2 Å². The topological polar surface area (TPSA) is 55.0 Å². The third-order valence-electron chi connectivity index (χ3n) is 2.34. The Balaban J connectivity index is 2.84. The van der Waals surface area contributed by atoms with Crippen molar-refractivity contribution >= 4 is 29.1 Å². The number of nitrogens with one attached hydrogen (secondary N) is 1. The van der Waals surface area contributed by atoms with E-state index in [2.05, 4.69) is 20.1 Å². The van der Waals surface area contributed by atoms with Crippen LogP contribution in [0.1, 0.15) is 18.9 Å². The summed E-state index contributed by atoms with van der Waals surface area (Å²) in [5, 5.41) is 3.42. The van der Waals surface area contributed by atoms with E-state index in [1.807, 2.05) is 0 Å². The highest BCUT2D eigenvalue weighted by Gasteiger charge is 2.30. The maximum atomic E-state index is 12.5.